The predicted octanol–water partition coefficient (Wildman–Crippen LogP) is 0.121. The maximum atomic E-state index is 12.2. The molecule has 1 aliphatic heterocycles. The number of aromatic amines is 1. The normalized spacial score (nSPS) is 18.2. The molecular formula is C17H21N7O3. The standard InChI is InChI=1S/C17H21N7O3/c1-3-5-24-14-11(15(25)21-17(24)26)7-10(8-19-14)16-20-13(22-27-16)12-9-18-4-6-23(12)2/h7-8,12,18H,3-6,9H2,1-2H3,(H,21,25,26). The summed E-state index contributed by atoms with van der Waals surface area (Å²) in [5, 5.41) is 7.72. The van der Waals surface area contributed by atoms with Crippen molar-refractivity contribution in [3.63, 3.8) is 0 Å². The highest BCUT2D eigenvalue weighted by atomic mass is 16.5. The fourth-order valence-electron chi connectivity index (χ4n) is 3.30. The van der Waals surface area contributed by atoms with Gasteiger partial charge in [-0.1, -0.05) is 12.1 Å². The molecule has 1 fully saturated rings. The number of likely N-dealkylation sites (N-methyl/N-ethyl adjacent to an activating group) is 1. The van der Waals surface area contributed by atoms with E-state index in [2.05, 4.69) is 30.3 Å². The Balaban J connectivity index is 1.75. The van der Waals surface area contributed by atoms with Crippen LogP contribution in [0, 0.1) is 0 Å². The van der Waals surface area contributed by atoms with E-state index >= 15 is 0 Å². The van der Waals surface area contributed by atoms with Crippen LogP contribution in [-0.2, 0) is 6.54 Å². The molecule has 4 heterocycles. The summed E-state index contributed by atoms with van der Waals surface area (Å²) in [4.78, 5) is 37.6. The number of nitrogens with zero attached hydrogens (tertiary/aromatic N) is 5. The molecule has 0 aliphatic carbocycles. The van der Waals surface area contributed by atoms with Gasteiger partial charge in [-0.05, 0) is 19.5 Å². The van der Waals surface area contributed by atoms with E-state index in [1.165, 1.54) is 4.57 Å². The predicted molar refractivity (Wildman–Crippen MR) is 98.4 cm³/mol. The number of piperazine rings is 1. The zero-order chi connectivity index (χ0) is 19.0. The topological polar surface area (TPSA) is 122 Å². The number of rotatable bonds is 4. The Morgan fingerprint density at radius 3 is 3.00 bits per heavy atom. The van der Waals surface area contributed by atoms with E-state index in [1.54, 1.807) is 12.3 Å². The number of hydrogen-bond donors (Lipinski definition) is 2. The van der Waals surface area contributed by atoms with Gasteiger partial charge in [0, 0.05) is 32.4 Å². The van der Waals surface area contributed by atoms with Crippen molar-refractivity contribution in [2.45, 2.75) is 25.9 Å². The first-order valence-corrected chi connectivity index (χ1v) is 8.96. The van der Waals surface area contributed by atoms with Crippen LogP contribution < -0.4 is 16.6 Å². The van der Waals surface area contributed by atoms with Crippen molar-refractivity contribution in [2.75, 3.05) is 26.7 Å². The molecule has 142 valence electrons. The molecule has 3 aromatic rings. The SMILES string of the molecule is CCCn1c(=O)[nH]c(=O)c2cc(-c3nc(C4CNCCN4C)no3)cnc21. The molecule has 1 unspecified atom stereocenters. The summed E-state index contributed by atoms with van der Waals surface area (Å²) >= 11 is 0. The van der Waals surface area contributed by atoms with Crippen molar-refractivity contribution >= 4 is 11.0 Å². The summed E-state index contributed by atoms with van der Waals surface area (Å²) in [5.41, 5.74) is -0.0414. The molecular weight excluding hydrogens is 350 g/mol. The van der Waals surface area contributed by atoms with Gasteiger partial charge in [0.05, 0.1) is 17.0 Å². The Bertz CT molecular complexity index is 1080. The molecule has 1 atom stereocenters. The van der Waals surface area contributed by atoms with Crippen molar-refractivity contribution in [2.24, 2.45) is 0 Å². The quantitative estimate of drug-likeness (QED) is 0.663. The second-order valence-corrected chi connectivity index (χ2v) is 6.66. The van der Waals surface area contributed by atoms with Gasteiger partial charge in [0.2, 0.25) is 0 Å². The molecule has 10 nitrogen and oxygen atoms in total. The van der Waals surface area contributed by atoms with Crippen LogP contribution >= 0.6 is 0 Å². The van der Waals surface area contributed by atoms with Gasteiger partial charge in [-0.25, -0.2) is 9.78 Å². The lowest BCUT2D eigenvalue weighted by molar-refractivity contribution is 0.190. The van der Waals surface area contributed by atoms with Crippen LogP contribution in [-0.4, -0.2) is 56.3 Å². The van der Waals surface area contributed by atoms with E-state index in [1.807, 2.05) is 14.0 Å². The number of fused-ring (bicyclic) bond motifs is 1. The van der Waals surface area contributed by atoms with Gasteiger partial charge >= 0.3 is 5.69 Å². The third-order valence-electron chi connectivity index (χ3n) is 4.78. The van der Waals surface area contributed by atoms with Gasteiger partial charge in [0.15, 0.2) is 5.82 Å². The van der Waals surface area contributed by atoms with Crippen molar-refractivity contribution in [1.82, 2.24) is 34.9 Å². The summed E-state index contributed by atoms with van der Waals surface area (Å²) in [5.74, 6) is 0.885. The monoisotopic (exact) mass is 371 g/mol. The number of aryl methyl sites for hydroxylation is 1. The average Bonchev–Trinajstić information content (AvgIpc) is 3.15. The van der Waals surface area contributed by atoms with Crippen molar-refractivity contribution < 1.29 is 4.52 Å². The lowest BCUT2D eigenvalue weighted by Crippen LogP contribution is -2.44. The second kappa shape index (κ2) is 7.05. The summed E-state index contributed by atoms with van der Waals surface area (Å²) in [6, 6.07) is 1.66. The van der Waals surface area contributed by atoms with Gasteiger partial charge in [0.25, 0.3) is 11.4 Å². The fourth-order valence-corrected chi connectivity index (χ4v) is 3.30. The third-order valence-corrected chi connectivity index (χ3v) is 4.78. The van der Waals surface area contributed by atoms with Crippen molar-refractivity contribution in [3.05, 3.63) is 38.9 Å². The van der Waals surface area contributed by atoms with E-state index in [0.717, 1.165) is 26.1 Å². The molecule has 4 rings (SSSR count). The number of aromatic nitrogens is 5. The van der Waals surface area contributed by atoms with E-state index in [9.17, 15) is 9.59 Å². The van der Waals surface area contributed by atoms with E-state index in [0.29, 0.717) is 34.9 Å². The lowest BCUT2D eigenvalue weighted by atomic mass is 10.2. The highest BCUT2D eigenvalue weighted by Crippen LogP contribution is 2.23. The minimum absolute atomic E-state index is 0.0304. The van der Waals surface area contributed by atoms with E-state index in [4.69, 9.17) is 4.52 Å². The van der Waals surface area contributed by atoms with Crippen LogP contribution in [0.25, 0.3) is 22.5 Å². The molecule has 1 aliphatic rings. The highest BCUT2D eigenvalue weighted by molar-refractivity contribution is 5.78. The third kappa shape index (κ3) is 3.17. The van der Waals surface area contributed by atoms with Crippen LogP contribution in [0.1, 0.15) is 25.2 Å². The Morgan fingerprint density at radius 1 is 1.37 bits per heavy atom. The molecule has 2 N–H and O–H groups in total. The van der Waals surface area contributed by atoms with Crippen molar-refractivity contribution in [1.29, 1.82) is 0 Å². The first-order chi connectivity index (χ1) is 13.1. The Labute approximate surface area is 154 Å². The first kappa shape index (κ1) is 17.6. The summed E-state index contributed by atoms with van der Waals surface area (Å²) in [6.45, 7) is 5.00. The van der Waals surface area contributed by atoms with Crippen LogP contribution in [0.5, 0.6) is 0 Å². The van der Waals surface area contributed by atoms with Gasteiger partial charge in [-0.3, -0.25) is 19.2 Å². The molecule has 0 radical (unpaired) electrons. The van der Waals surface area contributed by atoms with Gasteiger partial charge in [-0.2, -0.15) is 4.98 Å². The Kier molecular flexibility index (Phi) is 4.58. The van der Waals surface area contributed by atoms with Gasteiger partial charge < -0.3 is 9.84 Å². The smallest absolute Gasteiger partial charge is 0.329 e. The van der Waals surface area contributed by atoms with E-state index in [-0.39, 0.29) is 6.04 Å². The summed E-state index contributed by atoms with van der Waals surface area (Å²) < 4.78 is 6.87. The summed E-state index contributed by atoms with van der Waals surface area (Å²) in [7, 11) is 2.02. The maximum Gasteiger partial charge on any atom is 0.329 e. The number of hydrogen-bond acceptors (Lipinski definition) is 8. The summed E-state index contributed by atoms with van der Waals surface area (Å²) in [6.07, 6.45) is 2.30. The minimum atomic E-state index is -0.479. The van der Waals surface area contributed by atoms with E-state index < -0.39 is 11.2 Å². The largest absolute Gasteiger partial charge is 0.334 e. The van der Waals surface area contributed by atoms with Crippen molar-refractivity contribution in [3.8, 4) is 11.5 Å². The number of H-pyrrole nitrogens is 1. The molecule has 0 saturated carbocycles. The minimum Gasteiger partial charge on any atom is -0.334 e. The zero-order valence-electron chi connectivity index (χ0n) is 15.2. The molecule has 3 aromatic heterocycles. The molecule has 27 heavy (non-hydrogen) atoms. The van der Waals surface area contributed by atoms with Crippen LogP contribution in [0.15, 0.2) is 26.4 Å². The number of pyridine rings is 1. The molecule has 0 amide bonds. The highest BCUT2D eigenvalue weighted by Gasteiger charge is 2.25. The van der Waals surface area contributed by atoms with Crippen LogP contribution in [0.2, 0.25) is 0 Å². The Hall–Kier alpha value is -2.85. The molecule has 0 bridgehead atoms. The molecule has 0 aromatic carbocycles. The van der Waals surface area contributed by atoms with Crippen LogP contribution in [0.3, 0.4) is 0 Å². The van der Waals surface area contributed by atoms with Gasteiger partial charge in [-0.15, -0.1) is 0 Å². The van der Waals surface area contributed by atoms with Crippen LogP contribution in [0.4, 0.5) is 0 Å². The molecule has 10 heteroatoms. The molecule has 0 spiro atoms. The first-order valence-electron chi connectivity index (χ1n) is 8.96. The lowest BCUT2D eigenvalue weighted by Gasteiger charge is -2.30. The van der Waals surface area contributed by atoms with Gasteiger partial charge in [0.1, 0.15) is 5.65 Å². The zero-order valence-corrected chi connectivity index (χ0v) is 15.2. The fraction of sp³-hybridized carbons (Fsp3) is 0.471. The number of nitrogens with one attached hydrogen (secondary N) is 2. The Morgan fingerprint density at radius 2 is 2.22 bits per heavy atom. The molecule has 1 saturated heterocycles. The second-order valence-electron chi connectivity index (χ2n) is 6.66. The average molecular weight is 371 g/mol. The maximum absolute atomic E-state index is 12.2.